The number of anilines is 1. The SMILES string of the molecule is COc1ccc(NCc2c(OCc3ccc(Cl)cc3Cl)ccc3ccccc23)cc1Cl. The second-order valence-electron chi connectivity index (χ2n) is 6.99. The molecule has 0 aliphatic heterocycles. The Bertz CT molecular complexity index is 1230. The van der Waals surface area contributed by atoms with Crippen molar-refractivity contribution in [2.24, 2.45) is 0 Å². The fourth-order valence-corrected chi connectivity index (χ4v) is 4.12. The average molecular weight is 473 g/mol. The molecule has 0 radical (unpaired) electrons. The van der Waals surface area contributed by atoms with Gasteiger partial charge in [0.15, 0.2) is 0 Å². The fraction of sp³-hybridized carbons (Fsp3) is 0.120. The monoisotopic (exact) mass is 471 g/mol. The fourth-order valence-electron chi connectivity index (χ4n) is 3.39. The first-order valence-electron chi connectivity index (χ1n) is 9.70. The Kier molecular flexibility index (Phi) is 6.77. The van der Waals surface area contributed by atoms with Gasteiger partial charge in [-0.05, 0) is 47.2 Å². The highest BCUT2D eigenvalue weighted by molar-refractivity contribution is 6.35. The summed E-state index contributed by atoms with van der Waals surface area (Å²) in [5.41, 5.74) is 2.82. The van der Waals surface area contributed by atoms with Gasteiger partial charge in [0.25, 0.3) is 0 Å². The van der Waals surface area contributed by atoms with Crippen LogP contribution in [0.2, 0.25) is 15.1 Å². The van der Waals surface area contributed by atoms with Gasteiger partial charge in [0.05, 0.1) is 12.1 Å². The van der Waals surface area contributed by atoms with Crippen molar-refractivity contribution in [3.63, 3.8) is 0 Å². The minimum absolute atomic E-state index is 0.343. The normalized spacial score (nSPS) is 10.8. The minimum Gasteiger partial charge on any atom is -0.495 e. The molecule has 0 saturated heterocycles. The van der Waals surface area contributed by atoms with Crippen molar-refractivity contribution in [3.8, 4) is 11.5 Å². The van der Waals surface area contributed by atoms with Gasteiger partial charge in [-0.15, -0.1) is 0 Å². The Labute approximate surface area is 196 Å². The lowest BCUT2D eigenvalue weighted by molar-refractivity contribution is 0.304. The van der Waals surface area contributed by atoms with Crippen LogP contribution in [0.3, 0.4) is 0 Å². The summed E-state index contributed by atoms with van der Waals surface area (Å²) in [5, 5.41) is 7.44. The van der Waals surface area contributed by atoms with Crippen LogP contribution in [0.1, 0.15) is 11.1 Å². The average Bonchev–Trinajstić information content (AvgIpc) is 2.77. The summed E-state index contributed by atoms with van der Waals surface area (Å²) in [5.74, 6) is 1.43. The van der Waals surface area contributed by atoms with Gasteiger partial charge in [0, 0.05) is 33.4 Å². The number of benzene rings is 4. The lowest BCUT2D eigenvalue weighted by Crippen LogP contribution is -2.05. The predicted octanol–water partition coefficient (Wildman–Crippen LogP) is 8.00. The Hall–Kier alpha value is -2.59. The van der Waals surface area contributed by atoms with Gasteiger partial charge < -0.3 is 14.8 Å². The quantitative estimate of drug-likeness (QED) is 0.295. The first kappa shape index (κ1) is 21.6. The molecule has 1 N–H and O–H groups in total. The van der Waals surface area contributed by atoms with Crippen LogP contribution in [0.15, 0.2) is 72.8 Å². The summed E-state index contributed by atoms with van der Waals surface area (Å²) in [6.45, 7) is 0.906. The molecule has 0 aliphatic rings. The maximum absolute atomic E-state index is 6.31. The zero-order chi connectivity index (χ0) is 21.8. The van der Waals surface area contributed by atoms with Crippen LogP contribution < -0.4 is 14.8 Å². The zero-order valence-corrected chi connectivity index (χ0v) is 19.1. The highest BCUT2D eigenvalue weighted by Gasteiger charge is 2.11. The van der Waals surface area contributed by atoms with Gasteiger partial charge in [-0.2, -0.15) is 0 Å². The summed E-state index contributed by atoms with van der Waals surface area (Å²) in [6, 6.07) is 23.3. The molecule has 0 aromatic heterocycles. The smallest absolute Gasteiger partial charge is 0.137 e. The first-order valence-corrected chi connectivity index (χ1v) is 10.8. The third kappa shape index (κ3) is 5.01. The molecule has 6 heteroatoms. The molecule has 4 aromatic carbocycles. The van der Waals surface area contributed by atoms with E-state index in [1.807, 2.05) is 48.5 Å². The summed E-state index contributed by atoms with van der Waals surface area (Å²) in [4.78, 5) is 0. The number of nitrogens with one attached hydrogen (secondary N) is 1. The minimum atomic E-state index is 0.343. The maximum Gasteiger partial charge on any atom is 0.137 e. The highest BCUT2D eigenvalue weighted by Crippen LogP contribution is 2.32. The summed E-state index contributed by atoms with van der Waals surface area (Å²) >= 11 is 18.6. The topological polar surface area (TPSA) is 30.5 Å². The standard InChI is InChI=1S/C25H20Cl3NO2/c1-30-25-11-9-19(13-23(25)28)29-14-21-20-5-3-2-4-16(20)7-10-24(21)31-15-17-6-8-18(26)12-22(17)27/h2-13,29H,14-15H2,1H3. The van der Waals surface area contributed by atoms with Crippen LogP contribution in [0.4, 0.5) is 5.69 Å². The molecule has 158 valence electrons. The first-order chi connectivity index (χ1) is 15.0. The molecule has 3 nitrogen and oxygen atoms in total. The van der Waals surface area contributed by atoms with Gasteiger partial charge in [-0.3, -0.25) is 0 Å². The lowest BCUT2D eigenvalue weighted by atomic mass is 10.0. The van der Waals surface area contributed by atoms with Crippen molar-refractivity contribution in [3.05, 3.63) is 99.0 Å². The lowest BCUT2D eigenvalue weighted by Gasteiger charge is -2.16. The number of ether oxygens (including phenoxy) is 2. The van der Waals surface area contributed by atoms with Gasteiger partial charge in [0.2, 0.25) is 0 Å². The second kappa shape index (κ2) is 9.69. The summed E-state index contributed by atoms with van der Waals surface area (Å²) in [6.07, 6.45) is 0. The molecule has 0 atom stereocenters. The van der Waals surface area contributed by atoms with Crippen LogP contribution in [0.25, 0.3) is 10.8 Å². The van der Waals surface area contributed by atoms with Crippen LogP contribution in [-0.2, 0) is 13.2 Å². The third-order valence-corrected chi connectivity index (χ3v) is 5.90. The zero-order valence-electron chi connectivity index (χ0n) is 16.8. The second-order valence-corrected chi connectivity index (χ2v) is 8.24. The molecule has 4 rings (SSSR count). The van der Waals surface area contributed by atoms with E-state index >= 15 is 0 Å². The van der Waals surface area contributed by atoms with Crippen LogP contribution in [0.5, 0.6) is 11.5 Å². The van der Waals surface area contributed by atoms with Gasteiger partial charge >= 0.3 is 0 Å². The largest absolute Gasteiger partial charge is 0.495 e. The van der Waals surface area contributed by atoms with E-state index in [2.05, 4.69) is 23.5 Å². The van der Waals surface area contributed by atoms with Gasteiger partial charge in [-0.1, -0.05) is 71.2 Å². The molecule has 0 amide bonds. The molecule has 4 aromatic rings. The van der Waals surface area contributed by atoms with Gasteiger partial charge in [0.1, 0.15) is 18.1 Å². The van der Waals surface area contributed by atoms with E-state index in [9.17, 15) is 0 Å². The van der Waals surface area contributed by atoms with Gasteiger partial charge in [-0.25, -0.2) is 0 Å². The number of hydrogen-bond donors (Lipinski definition) is 1. The molecule has 0 spiro atoms. The molecule has 0 aliphatic carbocycles. The third-order valence-electron chi connectivity index (χ3n) is 5.02. The van der Waals surface area contributed by atoms with E-state index in [1.165, 1.54) is 0 Å². The van der Waals surface area contributed by atoms with Crippen molar-refractivity contribution >= 4 is 51.3 Å². The van der Waals surface area contributed by atoms with E-state index < -0.39 is 0 Å². The number of hydrogen-bond acceptors (Lipinski definition) is 3. The van der Waals surface area contributed by atoms with E-state index in [-0.39, 0.29) is 0 Å². The summed E-state index contributed by atoms with van der Waals surface area (Å²) < 4.78 is 11.4. The predicted molar refractivity (Wildman–Crippen MR) is 130 cm³/mol. The molecule has 0 saturated carbocycles. The van der Waals surface area contributed by atoms with E-state index in [4.69, 9.17) is 44.3 Å². The van der Waals surface area contributed by atoms with E-state index in [0.29, 0.717) is 34.0 Å². The molecule has 0 fully saturated rings. The Balaban J connectivity index is 1.61. The number of fused-ring (bicyclic) bond motifs is 1. The van der Waals surface area contributed by atoms with Crippen molar-refractivity contribution in [1.82, 2.24) is 0 Å². The van der Waals surface area contributed by atoms with Crippen LogP contribution in [0, 0.1) is 0 Å². The molecular weight excluding hydrogens is 453 g/mol. The number of halogens is 3. The molecule has 0 unspecified atom stereocenters. The molecule has 0 heterocycles. The van der Waals surface area contributed by atoms with Crippen LogP contribution >= 0.6 is 34.8 Å². The number of rotatable bonds is 7. The Morgan fingerprint density at radius 1 is 0.806 bits per heavy atom. The molecule has 0 bridgehead atoms. The van der Waals surface area contributed by atoms with Crippen LogP contribution in [-0.4, -0.2) is 7.11 Å². The molecule has 31 heavy (non-hydrogen) atoms. The molecular formula is C25H20Cl3NO2. The number of methoxy groups -OCH3 is 1. The Morgan fingerprint density at radius 3 is 2.39 bits per heavy atom. The van der Waals surface area contributed by atoms with Crippen molar-refractivity contribution in [2.45, 2.75) is 13.2 Å². The Morgan fingerprint density at radius 2 is 1.61 bits per heavy atom. The maximum atomic E-state index is 6.31. The van der Waals surface area contributed by atoms with E-state index in [1.54, 1.807) is 13.2 Å². The van der Waals surface area contributed by atoms with E-state index in [0.717, 1.165) is 33.3 Å². The highest BCUT2D eigenvalue weighted by atomic mass is 35.5. The summed E-state index contributed by atoms with van der Waals surface area (Å²) in [7, 11) is 1.60. The van der Waals surface area contributed by atoms with Crippen molar-refractivity contribution in [2.75, 3.05) is 12.4 Å². The van der Waals surface area contributed by atoms with Crippen molar-refractivity contribution in [1.29, 1.82) is 0 Å². The van der Waals surface area contributed by atoms with Crippen molar-refractivity contribution < 1.29 is 9.47 Å².